The number of allylic oxidation sites excluding steroid dienone is 2. The zero-order valence-electron chi connectivity index (χ0n) is 55.7. The van der Waals surface area contributed by atoms with E-state index < -0.39 is 148 Å². The van der Waals surface area contributed by atoms with Crippen molar-refractivity contribution in [2.75, 3.05) is 26.4 Å². The number of aliphatic carboxylic acids is 1. The minimum absolute atomic E-state index is 0.220. The lowest BCUT2D eigenvalue weighted by atomic mass is 9.88. The molecule has 18 atom stereocenters. The Morgan fingerprint density at radius 2 is 1.02 bits per heavy atom. The number of nitrogens with one attached hydrogen (secondary N) is 2. The molecule has 3 heterocycles. The zero-order chi connectivity index (χ0) is 66.8. The fourth-order valence-electron chi connectivity index (χ4n) is 12.5. The summed E-state index contributed by atoms with van der Waals surface area (Å²) in [5, 5.41) is 136. The molecular formula is C68H126N2O21. The van der Waals surface area contributed by atoms with Gasteiger partial charge in [-0.1, -0.05) is 219 Å². The number of carbonyl (C=O) groups excluding carboxylic acids is 2. The molecule has 23 heteroatoms. The smallest absolute Gasteiger partial charge is 0.364 e. The van der Waals surface area contributed by atoms with Crippen LogP contribution in [0, 0.1) is 0 Å². The molecular weight excluding hydrogens is 1180 g/mol. The molecule has 534 valence electrons. The first-order valence-electron chi connectivity index (χ1n) is 35.5. The highest BCUT2D eigenvalue weighted by molar-refractivity contribution is 5.77. The van der Waals surface area contributed by atoms with Crippen LogP contribution in [-0.4, -0.2) is 215 Å². The predicted octanol–water partition coefficient (Wildman–Crippen LogP) is 6.68. The molecule has 2 amide bonds. The van der Waals surface area contributed by atoms with Crippen LogP contribution in [0.1, 0.15) is 265 Å². The van der Waals surface area contributed by atoms with Crippen LogP contribution < -0.4 is 10.6 Å². The van der Waals surface area contributed by atoms with Crippen molar-refractivity contribution in [3.8, 4) is 0 Å². The molecule has 0 aromatic rings. The zero-order valence-corrected chi connectivity index (χ0v) is 55.7. The first-order chi connectivity index (χ1) is 43.9. The molecule has 3 rings (SSSR count). The predicted molar refractivity (Wildman–Crippen MR) is 343 cm³/mol. The van der Waals surface area contributed by atoms with E-state index in [0.717, 1.165) is 84.0 Å². The summed E-state index contributed by atoms with van der Waals surface area (Å²) in [6.07, 6.45) is 17.8. The Labute approximate surface area is 543 Å². The van der Waals surface area contributed by atoms with E-state index in [0.29, 0.717) is 19.3 Å². The SMILES string of the molecule is CCCCCC/C=C\CCCCCCCCCC(=O)NC(COC1OC(CO)C(OC2OC(CO)C(O)C(OC3(C(=O)O)CC(O)C(NC(C)=O)C(C(O)C(O)CO)O3)C2O)C(O)C1O)C(O)CCCCCCCCCCCCCCCCCCCCCCCC. The van der Waals surface area contributed by atoms with Gasteiger partial charge in [0.05, 0.1) is 50.7 Å². The Morgan fingerprint density at radius 1 is 0.560 bits per heavy atom. The number of hydrogen-bond donors (Lipinski definition) is 14. The van der Waals surface area contributed by atoms with Crippen molar-refractivity contribution in [1.82, 2.24) is 10.6 Å². The van der Waals surface area contributed by atoms with Crippen molar-refractivity contribution in [3.05, 3.63) is 12.2 Å². The first kappa shape index (κ1) is 82.7. The van der Waals surface area contributed by atoms with Crippen molar-refractivity contribution in [2.45, 2.75) is 375 Å². The Kier molecular flexibility index (Phi) is 44.6. The Hall–Kier alpha value is -2.53. The number of hydrogen-bond acceptors (Lipinski definition) is 20. The second-order valence-corrected chi connectivity index (χ2v) is 26.1. The standard InChI is InChI=1S/C68H126N2O21/c1-4-6-8-10-12-14-16-18-20-21-22-23-24-25-26-28-29-31-33-35-37-39-41-50(75)49(70-55(78)42-40-38-36-34-32-30-27-19-17-15-13-11-9-7-5-2)47-86-65-60(82)59(81)62(54(46-73)88-65)89-66-61(83)64(58(80)53(45-72)87-66)91-68(67(84)85)43-51(76)56(69-48(3)74)63(90-68)57(79)52(77)44-71/h15,17,49-54,56-66,71-73,75-77,79-83H,4-14,16,18-47H2,1-3H3,(H,69,74)(H,70,78)(H,84,85)/b17-15-. The molecule has 18 unspecified atom stereocenters. The van der Waals surface area contributed by atoms with E-state index in [1.165, 1.54) is 135 Å². The molecule has 0 aromatic heterocycles. The van der Waals surface area contributed by atoms with Crippen molar-refractivity contribution >= 4 is 17.8 Å². The summed E-state index contributed by atoms with van der Waals surface area (Å²) in [5.74, 6) is -6.10. The normalized spacial score (nSPS) is 28.4. The minimum Gasteiger partial charge on any atom is -0.477 e. The molecule has 0 aliphatic carbocycles. The lowest BCUT2D eigenvalue weighted by Crippen LogP contribution is -2.70. The second-order valence-electron chi connectivity index (χ2n) is 26.1. The van der Waals surface area contributed by atoms with Crippen LogP contribution in [-0.2, 0) is 42.8 Å². The van der Waals surface area contributed by atoms with Gasteiger partial charge in [-0.15, -0.1) is 0 Å². The van der Waals surface area contributed by atoms with Crippen LogP contribution in [0.25, 0.3) is 0 Å². The van der Waals surface area contributed by atoms with E-state index in [2.05, 4.69) is 36.6 Å². The van der Waals surface area contributed by atoms with Gasteiger partial charge >= 0.3 is 5.97 Å². The lowest BCUT2D eigenvalue weighted by Gasteiger charge is -2.50. The van der Waals surface area contributed by atoms with Gasteiger partial charge in [0.1, 0.15) is 67.1 Å². The number of ether oxygens (including phenoxy) is 6. The molecule has 0 bridgehead atoms. The van der Waals surface area contributed by atoms with E-state index in [4.69, 9.17) is 28.4 Å². The number of carboxylic acid groups (broad SMARTS) is 1. The topological polar surface area (TPSA) is 373 Å². The van der Waals surface area contributed by atoms with Crippen LogP contribution in [0.3, 0.4) is 0 Å². The van der Waals surface area contributed by atoms with Crippen LogP contribution in [0.5, 0.6) is 0 Å². The maximum absolute atomic E-state index is 13.5. The summed E-state index contributed by atoms with van der Waals surface area (Å²) >= 11 is 0. The van der Waals surface area contributed by atoms with Gasteiger partial charge in [0, 0.05) is 19.8 Å². The van der Waals surface area contributed by atoms with E-state index in [1.54, 1.807) is 0 Å². The molecule has 3 fully saturated rings. The third-order valence-electron chi connectivity index (χ3n) is 18.2. The van der Waals surface area contributed by atoms with Gasteiger partial charge in [-0.05, 0) is 38.5 Å². The maximum Gasteiger partial charge on any atom is 0.364 e. The molecule has 0 saturated carbocycles. The fourth-order valence-corrected chi connectivity index (χ4v) is 12.5. The number of carbonyl (C=O) groups is 3. The number of unbranched alkanes of at least 4 members (excludes halogenated alkanes) is 32. The number of carboxylic acids is 1. The summed E-state index contributed by atoms with van der Waals surface area (Å²) in [7, 11) is 0. The highest BCUT2D eigenvalue weighted by atomic mass is 16.8. The third kappa shape index (κ3) is 31.5. The van der Waals surface area contributed by atoms with E-state index >= 15 is 0 Å². The summed E-state index contributed by atoms with van der Waals surface area (Å²) in [4.78, 5) is 38.5. The van der Waals surface area contributed by atoms with E-state index in [9.17, 15) is 75.7 Å². The monoisotopic (exact) mass is 1310 g/mol. The molecule has 91 heavy (non-hydrogen) atoms. The van der Waals surface area contributed by atoms with Crippen LogP contribution in [0.15, 0.2) is 12.2 Å². The second kappa shape index (κ2) is 49.1. The average molecular weight is 1310 g/mol. The Morgan fingerprint density at radius 3 is 1.49 bits per heavy atom. The first-order valence-corrected chi connectivity index (χ1v) is 35.5. The molecule has 3 saturated heterocycles. The largest absolute Gasteiger partial charge is 0.477 e. The van der Waals surface area contributed by atoms with E-state index in [-0.39, 0.29) is 18.9 Å². The van der Waals surface area contributed by atoms with Gasteiger partial charge < -0.3 is 100 Å². The molecule has 14 N–H and O–H groups in total. The van der Waals surface area contributed by atoms with Gasteiger partial charge in [0.2, 0.25) is 11.8 Å². The minimum atomic E-state index is -3.08. The Balaban J connectivity index is 1.58. The highest BCUT2D eigenvalue weighted by Crippen LogP contribution is 2.39. The van der Waals surface area contributed by atoms with Crippen LogP contribution >= 0.6 is 0 Å². The van der Waals surface area contributed by atoms with Gasteiger partial charge in [-0.2, -0.15) is 0 Å². The number of rotatable bonds is 54. The molecule has 23 nitrogen and oxygen atoms in total. The van der Waals surface area contributed by atoms with Crippen LogP contribution in [0.4, 0.5) is 0 Å². The molecule has 3 aliphatic rings. The maximum atomic E-state index is 13.5. The van der Waals surface area contributed by atoms with Crippen molar-refractivity contribution in [3.63, 3.8) is 0 Å². The highest BCUT2D eigenvalue weighted by Gasteiger charge is 2.60. The van der Waals surface area contributed by atoms with Gasteiger partial charge in [0.25, 0.3) is 5.79 Å². The third-order valence-corrected chi connectivity index (χ3v) is 18.2. The van der Waals surface area contributed by atoms with Gasteiger partial charge in [0.15, 0.2) is 12.6 Å². The van der Waals surface area contributed by atoms with E-state index in [1.807, 2.05) is 0 Å². The molecule has 3 aliphatic heterocycles. The van der Waals surface area contributed by atoms with Crippen LogP contribution in [0.2, 0.25) is 0 Å². The summed E-state index contributed by atoms with van der Waals surface area (Å²) < 4.78 is 34.9. The van der Waals surface area contributed by atoms with Gasteiger partial charge in [-0.3, -0.25) is 9.59 Å². The average Bonchev–Trinajstić information content (AvgIpc) is 0.768. The lowest BCUT2D eigenvalue weighted by molar-refractivity contribution is -0.386. The number of amides is 2. The summed E-state index contributed by atoms with van der Waals surface area (Å²) in [5.41, 5.74) is 0. The fraction of sp³-hybridized carbons (Fsp3) is 0.926. The summed E-state index contributed by atoms with van der Waals surface area (Å²) in [6, 6.07) is -2.53. The van der Waals surface area contributed by atoms with Crippen molar-refractivity contribution in [2.24, 2.45) is 0 Å². The van der Waals surface area contributed by atoms with Gasteiger partial charge in [-0.25, -0.2) is 4.79 Å². The number of aliphatic hydroxyl groups is 11. The quantitative estimate of drug-likeness (QED) is 0.0223. The van der Waals surface area contributed by atoms with Crippen molar-refractivity contribution < 1.29 is 104 Å². The molecule has 0 aromatic carbocycles. The van der Waals surface area contributed by atoms with Crippen molar-refractivity contribution in [1.29, 1.82) is 0 Å². The summed E-state index contributed by atoms with van der Waals surface area (Å²) in [6.45, 7) is 2.20. The number of aliphatic hydroxyl groups excluding tert-OH is 11. The molecule has 0 radical (unpaired) electrons. The molecule has 0 spiro atoms. The Bertz CT molecular complexity index is 1890.